The highest BCUT2D eigenvalue weighted by atomic mass is 35.5. The molecule has 1 aromatic heterocycles. The molecule has 1 saturated heterocycles. The predicted octanol–water partition coefficient (Wildman–Crippen LogP) is 4.71. The highest BCUT2D eigenvalue weighted by molar-refractivity contribution is 7.99. The monoisotopic (exact) mass is 531 g/mol. The molecule has 3 atom stereocenters. The Bertz CT molecular complexity index is 909. The van der Waals surface area contributed by atoms with Crippen molar-refractivity contribution in [2.45, 2.75) is 49.9 Å². The molecule has 0 radical (unpaired) electrons. The van der Waals surface area contributed by atoms with Crippen LogP contribution in [0.4, 0.5) is 5.82 Å². The van der Waals surface area contributed by atoms with Crippen LogP contribution in [0.2, 0.25) is 5.02 Å². The van der Waals surface area contributed by atoms with E-state index < -0.39 is 0 Å². The van der Waals surface area contributed by atoms with E-state index in [1.165, 1.54) is 11.3 Å². The van der Waals surface area contributed by atoms with E-state index in [1.54, 1.807) is 6.33 Å². The molecule has 0 saturated carbocycles. The lowest BCUT2D eigenvalue weighted by atomic mass is 9.95. The third-order valence-corrected chi connectivity index (χ3v) is 7.50. The minimum absolute atomic E-state index is 0. The summed E-state index contributed by atoms with van der Waals surface area (Å²) in [5.74, 6) is 1.79. The summed E-state index contributed by atoms with van der Waals surface area (Å²) in [6.45, 7) is 9.97. The zero-order valence-electron chi connectivity index (χ0n) is 19.1. The second kappa shape index (κ2) is 12.6. The lowest BCUT2D eigenvalue weighted by molar-refractivity contribution is -0.111. The van der Waals surface area contributed by atoms with Crippen LogP contribution in [-0.4, -0.2) is 59.5 Å². The predicted molar refractivity (Wildman–Crippen MR) is 142 cm³/mol. The molecule has 1 fully saturated rings. The van der Waals surface area contributed by atoms with Crippen molar-refractivity contribution < 1.29 is 4.79 Å². The summed E-state index contributed by atoms with van der Waals surface area (Å²) in [4.78, 5) is 26.1. The molecule has 0 bridgehead atoms. The van der Waals surface area contributed by atoms with Crippen LogP contribution in [0.1, 0.15) is 48.8 Å². The van der Waals surface area contributed by atoms with E-state index in [9.17, 15) is 4.79 Å². The van der Waals surface area contributed by atoms with Crippen molar-refractivity contribution in [2.24, 2.45) is 0 Å². The van der Waals surface area contributed by atoms with E-state index in [1.807, 2.05) is 36.0 Å². The highest BCUT2D eigenvalue weighted by Crippen LogP contribution is 2.44. The molecule has 33 heavy (non-hydrogen) atoms. The van der Waals surface area contributed by atoms with Crippen LogP contribution >= 0.6 is 48.2 Å². The van der Waals surface area contributed by atoms with Gasteiger partial charge in [0.2, 0.25) is 0 Å². The summed E-state index contributed by atoms with van der Waals surface area (Å²) >= 11 is 7.99. The van der Waals surface area contributed by atoms with Gasteiger partial charge in [0.25, 0.3) is 0 Å². The summed E-state index contributed by atoms with van der Waals surface area (Å²) < 4.78 is 0. The fraction of sp³-hybridized carbons (Fsp3) is 0.522. The number of carbonyl (C=O) groups excluding carboxylic acids is 1. The number of aldehydes is 1. The minimum atomic E-state index is -0.258. The number of piperazine rings is 1. The van der Waals surface area contributed by atoms with E-state index in [4.69, 9.17) is 11.6 Å². The van der Waals surface area contributed by atoms with Crippen LogP contribution in [-0.2, 0) is 10.5 Å². The molecule has 0 aliphatic carbocycles. The van der Waals surface area contributed by atoms with E-state index >= 15 is 0 Å². The Kier molecular flexibility index (Phi) is 10.7. The van der Waals surface area contributed by atoms with Crippen LogP contribution < -0.4 is 10.2 Å². The summed E-state index contributed by atoms with van der Waals surface area (Å²) in [6, 6.07) is 7.88. The standard InChI is InChI=1S/C23H30ClN5OS.2ClH/c1-15(2)27-22(19(12-30)17-4-6-18(24)7-5-17)28-8-10-29(11-9-28)23-21-16(3)31-13-20(21)25-14-26-23;;/h4-7,12,14-16,19,22,27H,8-11,13H2,1-3H3;2*1H/t16-,19?,22?;;/m0../s1. The first-order valence-electron chi connectivity index (χ1n) is 10.9. The normalized spacial score (nSPS) is 19.9. The first-order valence-corrected chi connectivity index (χ1v) is 12.3. The highest BCUT2D eigenvalue weighted by Gasteiger charge is 2.33. The van der Waals surface area contributed by atoms with E-state index in [2.05, 4.69) is 45.9 Å². The smallest absolute Gasteiger partial charge is 0.136 e. The summed E-state index contributed by atoms with van der Waals surface area (Å²) in [5, 5.41) is 4.75. The number of nitrogens with one attached hydrogen (secondary N) is 1. The molecule has 3 heterocycles. The lowest BCUT2D eigenvalue weighted by Crippen LogP contribution is -2.58. The van der Waals surface area contributed by atoms with E-state index in [0.717, 1.165) is 49.6 Å². The molecule has 2 aromatic rings. The van der Waals surface area contributed by atoms with Gasteiger partial charge in [0.15, 0.2) is 0 Å². The summed E-state index contributed by atoms with van der Waals surface area (Å²) in [6.07, 6.45) is 2.70. The number of aromatic nitrogens is 2. The summed E-state index contributed by atoms with van der Waals surface area (Å²) in [5.41, 5.74) is 3.46. The van der Waals surface area contributed by atoms with Crippen LogP contribution in [0.15, 0.2) is 30.6 Å². The number of halogens is 3. The van der Waals surface area contributed by atoms with Crippen molar-refractivity contribution in [1.29, 1.82) is 0 Å². The van der Waals surface area contributed by atoms with Gasteiger partial charge in [0, 0.05) is 53.8 Å². The number of fused-ring (bicyclic) bond motifs is 1. The molecular weight excluding hydrogens is 501 g/mol. The molecule has 4 rings (SSSR count). The van der Waals surface area contributed by atoms with E-state index in [-0.39, 0.29) is 42.9 Å². The van der Waals surface area contributed by atoms with Crippen LogP contribution in [0.3, 0.4) is 0 Å². The van der Waals surface area contributed by atoms with Crippen molar-refractivity contribution in [3.05, 3.63) is 52.4 Å². The number of nitrogens with zero attached hydrogens (tertiary/aromatic N) is 4. The Balaban J connectivity index is 0.00000193. The SMILES string of the molecule is CC(C)NC(C(C=O)c1ccc(Cl)cc1)N1CCN(c2ncnc3c2[C@H](C)SC3)CC1.Cl.Cl. The third-order valence-electron chi connectivity index (χ3n) is 6.07. The zero-order valence-corrected chi connectivity index (χ0v) is 22.3. The third kappa shape index (κ3) is 6.32. The number of hydrogen-bond donors (Lipinski definition) is 1. The van der Waals surface area contributed by atoms with Gasteiger partial charge in [-0.2, -0.15) is 0 Å². The Labute approximate surface area is 218 Å². The Hall–Kier alpha value is -1.09. The Morgan fingerprint density at radius 2 is 1.79 bits per heavy atom. The number of benzene rings is 1. The first-order chi connectivity index (χ1) is 15.0. The molecule has 182 valence electrons. The number of hydrogen-bond acceptors (Lipinski definition) is 7. The van der Waals surface area contributed by atoms with Crippen molar-refractivity contribution in [3.63, 3.8) is 0 Å². The molecule has 2 aliphatic heterocycles. The minimum Gasteiger partial charge on any atom is -0.354 e. The molecule has 6 nitrogen and oxygen atoms in total. The average molecular weight is 533 g/mol. The largest absolute Gasteiger partial charge is 0.354 e. The molecule has 0 spiro atoms. The van der Waals surface area contributed by atoms with Crippen LogP contribution in [0, 0.1) is 0 Å². The first kappa shape index (κ1) is 28.1. The molecule has 1 N–H and O–H groups in total. The lowest BCUT2D eigenvalue weighted by Gasteiger charge is -2.43. The van der Waals surface area contributed by atoms with Gasteiger partial charge in [0.1, 0.15) is 18.4 Å². The number of anilines is 1. The van der Waals surface area contributed by atoms with Gasteiger partial charge >= 0.3 is 0 Å². The maximum Gasteiger partial charge on any atom is 0.136 e. The van der Waals surface area contributed by atoms with Gasteiger partial charge in [-0.3, -0.25) is 10.2 Å². The van der Waals surface area contributed by atoms with Gasteiger partial charge in [-0.15, -0.1) is 36.6 Å². The molecule has 10 heteroatoms. The van der Waals surface area contributed by atoms with E-state index in [0.29, 0.717) is 10.3 Å². The Morgan fingerprint density at radius 3 is 2.39 bits per heavy atom. The average Bonchev–Trinajstić information content (AvgIpc) is 3.16. The second-order valence-electron chi connectivity index (χ2n) is 8.51. The van der Waals surface area contributed by atoms with Crippen molar-refractivity contribution in [2.75, 3.05) is 31.1 Å². The molecule has 0 amide bonds. The second-order valence-corrected chi connectivity index (χ2v) is 10.3. The van der Waals surface area contributed by atoms with Gasteiger partial charge in [-0.05, 0) is 38.5 Å². The fourth-order valence-corrected chi connectivity index (χ4v) is 5.67. The van der Waals surface area contributed by atoms with Gasteiger partial charge in [0.05, 0.1) is 17.8 Å². The topological polar surface area (TPSA) is 61.4 Å². The van der Waals surface area contributed by atoms with Crippen LogP contribution in [0.5, 0.6) is 0 Å². The number of rotatable bonds is 7. The number of carbonyl (C=O) groups is 1. The van der Waals surface area contributed by atoms with Gasteiger partial charge in [-0.1, -0.05) is 23.7 Å². The van der Waals surface area contributed by atoms with Crippen molar-refractivity contribution >= 4 is 60.3 Å². The maximum absolute atomic E-state index is 12.2. The Morgan fingerprint density at radius 1 is 1.12 bits per heavy atom. The van der Waals surface area contributed by atoms with Crippen LogP contribution in [0.25, 0.3) is 0 Å². The van der Waals surface area contributed by atoms with Gasteiger partial charge in [-0.25, -0.2) is 9.97 Å². The maximum atomic E-state index is 12.2. The molecule has 2 unspecified atom stereocenters. The molecule has 2 aliphatic rings. The van der Waals surface area contributed by atoms with Gasteiger partial charge < -0.3 is 9.69 Å². The fourth-order valence-electron chi connectivity index (χ4n) is 4.50. The van der Waals surface area contributed by atoms with Crippen molar-refractivity contribution in [1.82, 2.24) is 20.2 Å². The van der Waals surface area contributed by atoms with Crippen molar-refractivity contribution in [3.8, 4) is 0 Å². The quantitative estimate of drug-likeness (QED) is 0.518. The number of thioether (sulfide) groups is 1. The zero-order chi connectivity index (χ0) is 22.0. The molecular formula is C23H32Cl3N5OS. The summed E-state index contributed by atoms with van der Waals surface area (Å²) in [7, 11) is 0. The molecule has 1 aromatic carbocycles.